The molecule has 3 nitrogen and oxygen atoms in total. The summed E-state index contributed by atoms with van der Waals surface area (Å²) in [6, 6.07) is 0.643. The lowest BCUT2D eigenvalue weighted by molar-refractivity contribution is 0.410. The van der Waals surface area contributed by atoms with Crippen molar-refractivity contribution in [1.29, 1.82) is 0 Å². The fourth-order valence-corrected chi connectivity index (χ4v) is 2.78. The zero-order valence-electron chi connectivity index (χ0n) is 11.9. The average Bonchev–Trinajstić information content (AvgIpc) is 2.78. The Bertz CT molecular complexity index is 730. The van der Waals surface area contributed by atoms with Crippen LogP contribution in [-0.2, 0) is 13.5 Å². The molecule has 8 heteroatoms. The van der Waals surface area contributed by atoms with Gasteiger partial charge < -0.3 is 5.32 Å². The van der Waals surface area contributed by atoms with Gasteiger partial charge >= 0.3 is 0 Å². The molecule has 1 atom stereocenters. The predicted molar refractivity (Wildman–Crippen MR) is 75.8 cm³/mol. The minimum Gasteiger partial charge on any atom is -0.308 e. The number of nitrogens with zero attached hydrogens (tertiary/aromatic N) is 2. The Morgan fingerprint density at radius 2 is 1.86 bits per heavy atom. The fourth-order valence-electron chi connectivity index (χ4n) is 2.78. The number of fused-ring (bicyclic) bond motifs is 1. The van der Waals surface area contributed by atoms with Crippen molar-refractivity contribution in [3.8, 4) is 11.3 Å². The van der Waals surface area contributed by atoms with Gasteiger partial charge in [-0.3, -0.25) is 4.68 Å². The van der Waals surface area contributed by atoms with Crippen LogP contribution in [-0.4, -0.2) is 16.3 Å². The average molecular weight is 336 g/mol. The second-order valence-electron chi connectivity index (χ2n) is 5.11. The van der Waals surface area contributed by atoms with Gasteiger partial charge in [0.05, 0.1) is 11.4 Å². The van der Waals surface area contributed by atoms with E-state index in [1.807, 2.05) is 6.92 Å². The first-order valence-corrected chi connectivity index (χ1v) is 6.54. The van der Waals surface area contributed by atoms with Crippen molar-refractivity contribution in [2.75, 3.05) is 6.54 Å². The van der Waals surface area contributed by atoms with Crippen molar-refractivity contribution >= 4 is 12.4 Å². The van der Waals surface area contributed by atoms with Crippen LogP contribution in [0.2, 0.25) is 0 Å². The summed E-state index contributed by atoms with van der Waals surface area (Å²) in [6.45, 7) is 2.55. The van der Waals surface area contributed by atoms with Crippen LogP contribution in [0.1, 0.15) is 24.2 Å². The van der Waals surface area contributed by atoms with E-state index in [-0.39, 0.29) is 29.7 Å². The third kappa shape index (κ3) is 2.38. The van der Waals surface area contributed by atoms with Gasteiger partial charge in [-0.25, -0.2) is 17.6 Å². The number of benzene rings is 1. The maximum atomic E-state index is 14.0. The van der Waals surface area contributed by atoms with E-state index in [2.05, 4.69) is 10.4 Å². The molecule has 120 valence electrons. The van der Waals surface area contributed by atoms with Gasteiger partial charge in [-0.1, -0.05) is 0 Å². The molecule has 1 N–H and O–H groups in total. The first-order valence-electron chi connectivity index (χ1n) is 6.54. The van der Waals surface area contributed by atoms with Gasteiger partial charge in [0.15, 0.2) is 23.3 Å². The first kappa shape index (κ1) is 16.8. The van der Waals surface area contributed by atoms with Gasteiger partial charge in [0, 0.05) is 24.2 Å². The fraction of sp³-hybridized carbons (Fsp3) is 0.357. The second kappa shape index (κ2) is 5.89. The number of aryl methyl sites for hydroxylation is 1. The van der Waals surface area contributed by atoms with E-state index in [0.717, 1.165) is 5.56 Å². The molecule has 2 aromatic rings. The molecule has 0 fully saturated rings. The quantitative estimate of drug-likeness (QED) is 0.492. The Morgan fingerprint density at radius 3 is 2.55 bits per heavy atom. The molecule has 0 saturated carbocycles. The highest BCUT2D eigenvalue weighted by atomic mass is 35.5. The van der Waals surface area contributed by atoms with Gasteiger partial charge in [-0.05, 0) is 26.0 Å². The van der Waals surface area contributed by atoms with Gasteiger partial charge in [0.25, 0.3) is 0 Å². The standard InChI is InChI=1S/C14H13F4N3.ClH/c1-6-13-7(3-4-19-6)14(21(2)20-13)8-5-9(15)11(17)12(18)10(8)16;/h5-6,19H,3-4H2,1-2H3;1H. The van der Waals surface area contributed by atoms with Crippen molar-refractivity contribution < 1.29 is 17.6 Å². The summed E-state index contributed by atoms with van der Waals surface area (Å²) in [5.41, 5.74) is 1.42. The highest BCUT2D eigenvalue weighted by Gasteiger charge is 2.28. The van der Waals surface area contributed by atoms with Crippen LogP contribution in [0.25, 0.3) is 11.3 Å². The number of aromatic nitrogens is 2. The van der Waals surface area contributed by atoms with Gasteiger partial charge in [-0.2, -0.15) is 5.10 Å². The highest BCUT2D eigenvalue weighted by Crippen LogP contribution is 2.34. The minimum atomic E-state index is -1.80. The van der Waals surface area contributed by atoms with Crippen molar-refractivity contribution in [2.24, 2.45) is 7.05 Å². The van der Waals surface area contributed by atoms with Crippen LogP contribution in [0.3, 0.4) is 0 Å². The lowest BCUT2D eigenvalue weighted by Crippen LogP contribution is -2.27. The molecular weight excluding hydrogens is 322 g/mol. The normalized spacial score (nSPS) is 17.1. The van der Waals surface area contributed by atoms with Crippen LogP contribution >= 0.6 is 12.4 Å². The Morgan fingerprint density at radius 1 is 1.18 bits per heavy atom. The smallest absolute Gasteiger partial charge is 0.198 e. The third-order valence-electron chi connectivity index (χ3n) is 3.77. The highest BCUT2D eigenvalue weighted by molar-refractivity contribution is 5.85. The first-order chi connectivity index (χ1) is 9.91. The molecule has 2 heterocycles. The molecule has 0 bridgehead atoms. The summed E-state index contributed by atoms with van der Waals surface area (Å²) >= 11 is 0. The molecule has 1 aromatic carbocycles. The van der Waals surface area contributed by atoms with Gasteiger partial charge in [0.2, 0.25) is 0 Å². The predicted octanol–water partition coefficient (Wildman–Crippen LogP) is 3.27. The Balaban J connectivity index is 0.00000176. The van der Waals surface area contributed by atoms with Crippen LogP contribution in [0.15, 0.2) is 6.07 Å². The maximum Gasteiger partial charge on any atom is 0.198 e. The lowest BCUT2D eigenvalue weighted by atomic mass is 9.97. The lowest BCUT2D eigenvalue weighted by Gasteiger charge is -2.19. The monoisotopic (exact) mass is 335 g/mol. The molecule has 0 radical (unpaired) electrons. The summed E-state index contributed by atoms with van der Waals surface area (Å²) in [5, 5.41) is 7.48. The molecular formula is C14H14ClF4N3. The van der Waals surface area contributed by atoms with Crippen molar-refractivity contribution in [3.05, 3.63) is 40.6 Å². The number of halogens is 5. The maximum absolute atomic E-state index is 14.0. The summed E-state index contributed by atoms with van der Waals surface area (Å²) in [4.78, 5) is 0. The molecule has 1 unspecified atom stereocenters. The van der Waals surface area contributed by atoms with E-state index in [4.69, 9.17) is 0 Å². The van der Waals surface area contributed by atoms with Crippen LogP contribution in [0.5, 0.6) is 0 Å². The van der Waals surface area contributed by atoms with Gasteiger partial charge in [-0.15, -0.1) is 12.4 Å². The van der Waals surface area contributed by atoms with Crippen molar-refractivity contribution in [1.82, 2.24) is 15.1 Å². The van der Waals surface area contributed by atoms with Crippen LogP contribution in [0, 0.1) is 23.3 Å². The van der Waals surface area contributed by atoms with Crippen LogP contribution in [0.4, 0.5) is 17.6 Å². The van der Waals surface area contributed by atoms with E-state index >= 15 is 0 Å². The molecule has 22 heavy (non-hydrogen) atoms. The summed E-state index contributed by atoms with van der Waals surface area (Å²) in [7, 11) is 1.57. The number of hydrogen-bond acceptors (Lipinski definition) is 2. The molecule has 0 saturated heterocycles. The Hall–Kier alpha value is -1.60. The summed E-state index contributed by atoms with van der Waals surface area (Å²) < 4.78 is 55.4. The molecule has 0 amide bonds. The Kier molecular flexibility index (Phi) is 4.49. The van der Waals surface area contributed by atoms with E-state index in [9.17, 15) is 17.6 Å². The number of nitrogens with one attached hydrogen (secondary N) is 1. The SMILES string of the molecule is CC1NCCc2c1nn(C)c2-c1cc(F)c(F)c(F)c1F.Cl. The largest absolute Gasteiger partial charge is 0.308 e. The van der Waals surface area contributed by atoms with E-state index in [1.165, 1.54) is 4.68 Å². The molecule has 3 rings (SSSR count). The number of rotatable bonds is 1. The molecule has 0 aliphatic carbocycles. The number of hydrogen-bond donors (Lipinski definition) is 1. The van der Waals surface area contributed by atoms with Crippen LogP contribution < -0.4 is 5.32 Å². The van der Waals surface area contributed by atoms with Crippen molar-refractivity contribution in [3.63, 3.8) is 0 Å². The molecule has 0 spiro atoms. The van der Waals surface area contributed by atoms with E-state index in [1.54, 1.807) is 7.05 Å². The zero-order valence-corrected chi connectivity index (χ0v) is 12.7. The Labute approximate surface area is 130 Å². The molecule has 1 aromatic heterocycles. The topological polar surface area (TPSA) is 29.9 Å². The minimum absolute atomic E-state index is 0. The van der Waals surface area contributed by atoms with Crippen molar-refractivity contribution in [2.45, 2.75) is 19.4 Å². The summed E-state index contributed by atoms with van der Waals surface area (Å²) in [5.74, 6) is -6.42. The third-order valence-corrected chi connectivity index (χ3v) is 3.77. The van der Waals surface area contributed by atoms with E-state index < -0.39 is 23.3 Å². The van der Waals surface area contributed by atoms with E-state index in [0.29, 0.717) is 24.7 Å². The van der Waals surface area contributed by atoms with Gasteiger partial charge in [0.1, 0.15) is 0 Å². The molecule has 1 aliphatic rings. The summed E-state index contributed by atoms with van der Waals surface area (Å²) in [6.07, 6.45) is 0.558. The second-order valence-corrected chi connectivity index (χ2v) is 5.11. The molecule has 1 aliphatic heterocycles. The zero-order chi connectivity index (χ0) is 15.3.